The molecule has 0 spiro atoms. The van der Waals surface area contributed by atoms with E-state index in [2.05, 4.69) is 5.32 Å². The zero-order valence-electron chi connectivity index (χ0n) is 16.2. The molecule has 2 aromatic carbocycles. The number of hydrogen-bond donors (Lipinski definition) is 1. The molecule has 0 aromatic heterocycles. The minimum absolute atomic E-state index is 0.0709. The molecule has 6 nitrogen and oxygen atoms in total. The summed E-state index contributed by atoms with van der Waals surface area (Å²) >= 11 is 5.91. The number of hydrogen-bond acceptors (Lipinski definition) is 5. The van der Waals surface area contributed by atoms with E-state index in [1.165, 1.54) is 12.1 Å². The Bertz CT molecular complexity index is 1070. The maximum Gasteiger partial charge on any atom is 0.231 e. The predicted octanol–water partition coefficient (Wildman–Crippen LogP) is 3.52. The molecule has 1 heterocycles. The lowest BCUT2D eigenvalue weighted by Gasteiger charge is -2.36. The van der Waals surface area contributed by atoms with Gasteiger partial charge in [0.1, 0.15) is 0 Å². The average Bonchev–Trinajstić information content (AvgIpc) is 2.77. The first-order valence-electron chi connectivity index (χ1n) is 9.40. The van der Waals surface area contributed by atoms with Crippen molar-refractivity contribution in [2.45, 2.75) is 29.7 Å². The Morgan fingerprint density at radius 3 is 2.37 bits per heavy atom. The normalized spacial score (nSPS) is 16.1. The van der Waals surface area contributed by atoms with Gasteiger partial charge in [-0.25, -0.2) is 8.42 Å². The van der Waals surface area contributed by atoms with E-state index in [0.29, 0.717) is 37.6 Å². The van der Waals surface area contributed by atoms with E-state index in [-0.39, 0.29) is 10.8 Å². The summed E-state index contributed by atoms with van der Waals surface area (Å²) in [7, 11) is -3.70. The summed E-state index contributed by atoms with van der Waals surface area (Å²) in [5.74, 6) is -0.124. The SMILES string of the molecule is N#C/C=C/S(=O)(=O)c1ccc(C2(C(=O)NCc3ccc(Cl)cc3)CCOCC2)cc1. The van der Waals surface area contributed by atoms with E-state index in [0.717, 1.165) is 22.6 Å². The maximum atomic E-state index is 13.2. The zero-order valence-corrected chi connectivity index (χ0v) is 17.7. The predicted molar refractivity (Wildman–Crippen MR) is 113 cm³/mol. The molecule has 1 amide bonds. The fraction of sp³-hybridized carbons (Fsp3) is 0.273. The quantitative estimate of drug-likeness (QED) is 0.687. The molecule has 0 saturated carbocycles. The van der Waals surface area contributed by atoms with Crippen molar-refractivity contribution < 1.29 is 17.9 Å². The monoisotopic (exact) mass is 444 g/mol. The highest BCUT2D eigenvalue weighted by Crippen LogP contribution is 2.36. The standard InChI is InChI=1S/C22H21ClN2O4S/c23-19-6-2-17(3-7-19)16-25-21(26)22(10-13-29-14-11-22)18-4-8-20(9-5-18)30(27,28)15-1-12-24/h1-9,15H,10-11,13-14,16H2,(H,25,26)/b15-1+. The summed E-state index contributed by atoms with van der Waals surface area (Å²) in [6.45, 7) is 1.25. The first-order valence-corrected chi connectivity index (χ1v) is 11.3. The zero-order chi connectivity index (χ0) is 21.6. The van der Waals surface area contributed by atoms with Crippen molar-refractivity contribution in [1.29, 1.82) is 5.26 Å². The minimum Gasteiger partial charge on any atom is -0.381 e. The first kappa shape index (κ1) is 22.0. The number of carbonyl (C=O) groups excluding carboxylic acids is 1. The molecule has 30 heavy (non-hydrogen) atoms. The molecule has 0 radical (unpaired) electrons. The molecule has 3 rings (SSSR count). The van der Waals surface area contributed by atoms with Crippen LogP contribution in [0.15, 0.2) is 64.9 Å². The molecule has 2 aromatic rings. The average molecular weight is 445 g/mol. The third-order valence-corrected chi connectivity index (χ3v) is 6.88. The highest BCUT2D eigenvalue weighted by atomic mass is 35.5. The molecule has 1 aliphatic heterocycles. The summed E-state index contributed by atoms with van der Waals surface area (Å²) in [6.07, 6.45) is 1.92. The van der Waals surface area contributed by atoms with Crippen LogP contribution in [0, 0.1) is 11.3 Å². The Morgan fingerprint density at radius 2 is 1.77 bits per heavy atom. The number of allylic oxidation sites excluding steroid dienone is 1. The second kappa shape index (κ2) is 9.43. The van der Waals surface area contributed by atoms with Crippen LogP contribution in [0.3, 0.4) is 0 Å². The molecule has 0 atom stereocenters. The highest BCUT2D eigenvalue weighted by molar-refractivity contribution is 7.94. The lowest BCUT2D eigenvalue weighted by atomic mass is 9.73. The van der Waals surface area contributed by atoms with E-state index in [1.807, 2.05) is 12.1 Å². The number of nitriles is 1. The third kappa shape index (κ3) is 4.90. The summed E-state index contributed by atoms with van der Waals surface area (Å²) < 4.78 is 29.9. The summed E-state index contributed by atoms with van der Waals surface area (Å²) in [5.41, 5.74) is 0.874. The summed E-state index contributed by atoms with van der Waals surface area (Å²) in [6, 6.07) is 15.2. The van der Waals surface area contributed by atoms with Crippen LogP contribution in [0.4, 0.5) is 0 Å². The third-order valence-electron chi connectivity index (χ3n) is 5.20. The van der Waals surface area contributed by atoms with Crippen molar-refractivity contribution in [3.63, 3.8) is 0 Å². The number of benzene rings is 2. The van der Waals surface area contributed by atoms with Crippen LogP contribution in [0.1, 0.15) is 24.0 Å². The van der Waals surface area contributed by atoms with Gasteiger partial charge in [-0.1, -0.05) is 35.9 Å². The first-order chi connectivity index (χ1) is 14.4. The lowest BCUT2D eigenvalue weighted by molar-refractivity contribution is -0.130. The topological polar surface area (TPSA) is 96.3 Å². The van der Waals surface area contributed by atoms with E-state index in [4.69, 9.17) is 21.6 Å². The lowest BCUT2D eigenvalue weighted by Crippen LogP contribution is -2.47. The molecule has 1 fully saturated rings. The Hall–Kier alpha value is -2.66. The van der Waals surface area contributed by atoms with Gasteiger partial charge in [-0.2, -0.15) is 5.26 Å². The smallest absolute Gasteiger partial charge is 0.231 e. The Balaban J connectivity index is 1.84. The maximum absolute atomic E-state index is 13.2. The van der Waals surface area contributed by atoms with Crippen LogP contribution in [-0.4, -0.2) is 27.5 Å². The molecule has 0 unspecified atom stereocenters. The number of rotatable bonds is 6. The second-order valence-electron chi connectivity index (χ2n) is 7.00. The molecule has 0 bridgehead atoms. The minimum atomic E-state index is -3.70. The Labute approximate surface area is 181 Å². The molecule has 0 aliphatic carbocycles. The van der Waals surface area contributed by atoms with Crippen LogP contribution >= 0.6 is 11.6 Å². The molecule has 156 valence electrons. The summed E-state index contributed by atoms with van der Waals surface area (Å²) in [5, 5.41) is 13.1. The molecule has 1 aliphatic rings. The molecular formula is C22H21ClN2O4S. The second-order valence-corrected chi connectivity index (χ2v) is 9.27. The van der Waals surface area contributed by atoms with Crippen LogP contribution in [0.5, 0.6) is 0 Å². The number of sulfone groups is 1. The van der Waals surface area contributed by atoms with Crippen LogP contribution in [0.2, 0.25) is 5.02 Å². The van der Waals surface area contributed by atoms with Gasteiger partial charge >= 0.3 is 0 Å². The number of nitrogens with zero attached hydrogens (tertiary/aromatic N) is 1. The van der Waals surface area contributed by atoms with E-state index in [9.17, 15) is 13.2 Å². The van der Waals surface area contributed by atoms with Gasteiger partial charge in [0.2, 0.25) is 15.7 Å². The van der Waals surface area contributed by atoms with Crippen molar-refractivity contribution in [3.05, 3.63) is 76.2 Å². The van der Waals surface area contributed by atoms with Crippen LogP contribution < -0.4 is 5.32 Å². The number of carbonyl (C=O) groups is 1. The number of amides is 1. The molecule has 1 saturated heterocycles. The number of ether oxygens (including phenoxy) is 1. The van der Waals surface area contributed by atoms with Gasteiger partial charge in [-0.15, -0.1) is 0 Å². The Kier molecular flexibility index (Phi) is 6.93. The van der Waals surface area contributed by atoms with Gasteiger partial charge in [0, 0.05) is 36.3 Å². The highest BCUT2D eigenvalue weighted by Gasteiger charge is 2.41. The van der Waals surface area contributed by atoms with Crippen molar-refractivity contribution in [2.24, 2.45) is 0 Å². The van der Waals surface area contributed by atoms with Gasteiger partial charge in [0.05, 0.1) is 16.4 Å². The van der Waals surface area contributed by atoms with Crippen molar-refractivity contribution in [1.82, 2.24) is 5.32 Å². The number of halogens is 1. The van der Waals surface area contributed by atoms with Gasteiger partial charge in [0.15, 0.2) is 0 Å². The van der Waals surface area contributed by atoms with Crippen molar-refractivity contribution in [3.8, 4) is 6.07 Å². The fourth-order valence-corrected chi connectivity index (χ4v) is 4.52. The summed E-state index contributed by atoms with van der Waals surface area (Å²) in [4.78, 5) is 13.3. The molecule has 1 N–H and O–H groups in total. The number of nitrogens with one attached hydrogen (secondary N) is 1. The van der Waals surface area contributed by atoms with E-state index >= 15 is 0 Å². The van der Waals surface area contributed by atoms with Gasteiger partial charge in [-0.05, 0) is 48.2 Å². The molecule has 8 heteroatoms. The van der Waals surface area contributed by atoms with E-state index in [1.54, 1.807) is 30.3 Å². The van der Waals surface area contributed by atoms with Crippen molar-refractivity contribution in [2.75, 3.05) is 13.2 Å². The van der Waals surface area contributed by atoms with Crippen LogP contribution in [0.25, 0.3) is 0 Å². The van der Waals surface area contributed by atoms with Gasteiger partial charge < -0.3 is 10.1 Å². The van der Waals surface area contributed by atoms with E-state index < -0.39 is 15.3 Å². The fourth-order valence-electron chi connectivity index (χ4n) is 3.48. The molecular weight excluding hydrogens is 424 g/mol. The van der Waals surface area contributed by atoms with Gasteiger partial charge in [-0.3, -0.25) is 4.79 Å². The van der Waals surface area contributed by atoms with Crippen LogP contribution in [-0.2, 0) is 31.3 Å². The largest absolute Gasteiger partial charge is 0.381 e. The Morgan fingerprint density at radius 1 is 1.13 bits per heavy atom. The van der Waals surface area contributed by atoms with Crippen molar-refractivity contribution >= 4 is 27.3 Å². The van der Waals surface area contributed by atoms with Gasteiger partial charge in [0.25, 0.3) is 0 Å².